The summed E-state index contributed by atoms with van der Waals surface area (Å²) in [6.45, 7) is 3.62. The third-order valence-corrected chi connectivity index (χ3v) is 7.57. The van der Waals surface area contributed by atoms with Crippen LogP contribution in [0.15, 0.2) is 40.8 Å². The molecule has 1 aromatic carbocycles. The second kappa shape index (κ2) is 11.6. The van der Waals surface area contributed by atoms with Crippen molar-refractivity contribution >= 4 is 34.2 Å². The molecule has 2 aliphatic carbocycles. The summed E-state index contributed by atoms with van der Waals surface area (Å²) in [7, 11) is 3.13. The molecule has 194 valence electrons. The highest BCUT2D eigenvalue weighted by molar-refractivity contribution is 6.30. The molecule has 0 spiro atoms. The number of carbonyl (C=O) groups excluding carboxylic acids is 2. The van der Waals surface area contributed by atoms with Crippen LogP contribution in [0.2, 0.25) is 0 Å². The zero-order chi connectivity index (χ0) is 25.8. The fourth-order valence-electron chi connectivity index (χ4n) is 5.42. The number of ether oxygens (including phenoxy) is 2. The smallest absolute Gasteiger partial charge is 0.255 e. The van der Waals surface area contributed by atoms with Crippen LogP contribution in [0, 0.1) is 17.8 Å². The minimum absolute atomic E-state index is 0.0651. The van der Waals surface area contributed by atoms with Crippen LogP contribution in [0.25, 0.3) is 10.9 Å². The van der Waals surface area contributed by atoms with E-state index in [1.807, 2.05) is 16.9 Å². The molecular formula is C27H33ClFN3O4. The van der Waals surface area contributed by atoms with E-state index in [1.165, 1.54) is 6.08 Å². The van der Waals surface area contributed by atoms with E-state index in [-0.39, 0.29) is 23.5 Å². The summed E-state index contributed by atoms with van der Waals surface area (Å²) >= 11 is 5.93. The maximum atomic E-state index is 14.4. The zero-order valence-corrected chi connectivity index (χ0v) is 21.7. The van der Waals surface area contributed by atoms with Gasteiger partial charge in [0.2, 0.25) is 0 Å². The number of fused-ring (bicyclic) bond motifs is 1. The SMILES string of the molecule is COCCNC(=O)c1ccc2nn(CC3CCC(C(=O)C4=C(F)C=C(Cl)CC4)C(C)C3)cc2c1OC. The number of carbonyl (C=O) groups is 2. The summed E-state index contributed by atoms with van der Waals surface area (Å²) in [6, 6.07) is 3.55. The third kappa shape index (κ3) is 5.65. The Morgan fingerprint density at radius 1 is 1.25 bits per heavy atom. The Bertz CT molecular complexity index is 1210. The maximum Gasteiger partial charge on any atom is 0.255 e. The number of hydrogen-bond acceptors (Lipinski definition) is 5. The Labute approximate surface area is 215 Å². The van der Waals surface area contributed by atoms with Crippen molar-refractivity contribution < 1.29 is 23.5 Å². The average molecular weight is 518 g/mol. The van der Waals surface area contributed by atoms with Crippen molar-refractivity contribution in [3.05, 3.63) is 46.4 Å². The first-order valence-electron chi connectivity index (χ1n) is 12.4. The molecule has 0 aliphatic heterocycles. The molecule has 7 nitrogen and oxygen atoms in total. The van der Waals surface area contributed by atoms with Crippen molar-refractivity contribution in [1.29, 1.82) is 0 Å². The van der Waals surface area contributed by atoms with Crippen LogP contribution < -0.4 is 10.1 Å². The highest BCUT2D eigenvalue weighted by Gasteiger charge is 2.35. The molecular weight excluding hydrogens is 485 g/mol. The lowest BCUT2D eigenvalue weighted by Gasteiger charge is -2.34. The Morgan fingerprint density at radius 3 is 2.75 bits per heavy atom. The van der Waals surface area contributed by atoms with Gasteiger partial charge in [-0.1, -0.05) is 18.5 Å². The van der Waals surface area contributed by atoms with Crippen molar-refractivity contribution in [3.63, 3.8) is 0 Å². The van der Waals surface area contributed by atoms with Crippen molar-refractivity contribution in [2.75, 3.05) is 27.4 Å². The van der Waals surface area contributed by atoms with Crippen LogP contribution in [0.1, 0.15) is 49.4 Å². The molecule has 1 saturated carbocycles. The van der Waals surface area contributed by atoms with Gasteiger partial charge in [0, 0.05) is 42.9 Å². The van der Waals surface area contributed by atoms with Crippen LogP contribution in [0.4, 0.5) is 4.39 Å². The van der Waals surface area contributed by atoms with E-state index in [4.69, 9.17) is 26.2 Å². The highest BCUT2D eigenvalue weighted by atomic mass is 35.5. The summed E-state index contributed by atoms with van der Waals surface area (Å²) in [4.78, 5) is 25.7. The summed E-state index contributed by atoms with van der Waals surface area (Å²) in [5.41, 5.74) is 1.50. The molecule has 2 aromatic rings. The number of benzene rings is 1. The van der Waals surface area contributed by atoms with Gasteiger partial charge in [0.1, 0.15) is 11.6 Å². The van der Waals surface area contributed by atoms with E-state index in [0.717, 1.165) is 30.2 Å². The molecule has 4 rings (SSSR count). The lowest BCUT2D eigenvalue weighted by atomic mass is 9.71. The number of rotatable bonds is 9. The average Bonchev–Trinajstić information content (AvgIpc) is 3.25. The molecule has 0 bridgehead atoms. The predicted octanol–water partition coefficient (Wildman–Crippen LogP) is 5.18. The number of nitrogens with one attached hydrogen (secondary N) is 1. The second-order valence-electron chi connectivity index (χ2n) is 9.72. The molecule has 0 radical (unpaired) electrons. The lowest BCUT2D eigenvalue weighted by Crippen LogP contribution is -2.32. The molecule has 2 aliphatic rings. The maximum absolute atomic E-state index is 14.4. The fraction of sp³-hybridized carbons (Fsp3) is 0.519. The van der Waals surface area contributed by atoms with Gasteiger partial charge in [-0.05, 0) is 62.1 Å². The Balaban J connectivity index is 1.44. The van der Waals surface area contributed by atoms with Crippen LogP contribution >= 0.6 is 11.6 Å². The summed E-state index contributed by atoms with van der Waals surface area (Å²) in [6.07, 6.45) is 6.55. The van der Waals surface area contributed by atoms with Gasteiger partial charge >= 0.3 is 0 Å². The molecule has 1 aromatic heterocycles. The van der Waals surface area contributed by atoms with E-state index in [0.29, 0.717) is 60.4 Å². The molecule has 9 heteroatoms. The first kappa shape index (κ1) is 26.4. The number of aromatic nitrogens is 2. The quantitative estimate of drug-likeness (QED) is 0.463. The fourth-order valence-corrected chi connectivity index (χ4v) is 5.61. The normalized spacial score (nSPS) is 22.5. The largest absolute Gasteiger partial charge is 0.495 e. The lowest BCUT2D eigenvalue weighted by molar-refractivity contribution is -0.122. The van der Waals surface area contributed by atoms with Gasteiger partial charge in [0.25, 0.3) is 5.91 Å². The predicted molar refractivity (Wildman–Crippen MR) is 137 cm³/mol. The van der Waals surface area contributed by atoms with Gasteiger partial charge in [-0.3, -0.25) is 14.3 Å². The number of allylic oxidation sites excluding steroid dienone is 4. The van der Waals surface area contributed by atoms with Gasteiger partial charge in [-0.15, -0.1) is 0 Å². The molecule has 0 saturated heterocycles. The van der Waals surface area contributed by atoms with Crippen LogP contribution in [0.3, 0.4) is 0 Å². The third-order valence-electron chi connectivity index (χ3n) is 7.27. The van der Waals surface area contributed by atoms with Crippen LogP contribution in [-0.2, 0) is 16.1 Å². The van der Waals surface area contributed by atoms with E-state index >= 15 is 0 Å². The number of methoxy groups -OCH3 is 2. The molecule has 3 atom stereocenters. The minimum atomic E-state index is -0.477. The molecule has 36 heavy (non-hydrogen) atoms. The van der Waals surface area contributed by atoms with Gasteiger partial charge in [-0.25, -0.2) is 4.39 Å². The van der Waals surface area contributed by atoms with Gasteiger partial charge < -0.3 is 14.8 Å². The van der Waals surface area contributed by atoms with Crippen molar-refractivity contribution in [2.45, 2.75) is 45.6 Å². The van der Waals surface area contributed by atoms with Crippen molar-refractivity contribution in [1.82, 2.24) is 15.1 Å². The molecule has 1 N–H and O–H groups in total. The number of nitrogens with zero attached hydrogens (tertiary/aromatic N) is 2. The van der Waals surface area contributed by atoms with E-state index < -0.39 is 5.83 Å². The Hall–Kier alpha value is -2.71. The van der Waals surface area contributed by atoms with E-state index in [9.17, 15) is 14.0 Å². The summed E-state index contributed by atoms with van der Waals surface area (Å²) in [5.74, 6) is 0.0638. The van der Waals surface area contributed by atoms with Crippen LogP contribution in [-0.4, -0.2) is 48.8 Å². The first-order valence-corrected chi connectivity index (χ1v) is 12.8. The first-order chi connectivity index (χ1) is 17.3. The molecule has 1 amide bonds. The van der Waals surface area contributed by atoms with Gasteiger partial charge in [0.15, 0.2) is 5.78 Å². The number of Topliss-reactive ketones (excluding diaryl/α,β-unsaturated/α-hetero) is 1. The monoisotopic (exact) mass is 517 g/mol. The van der Waals surface area contributed by atoms with Crippen molar-refractivity contribution in [2.24, 2.45) is 17.8 Å². The van der Waals surface area contributed by atoms with Gasteiger partial charge in [0.05, 0.1) is 30.2 Å². The number of halogens is 2. The standard InChI is InChI=1S/C27H33ClFN3O4/c1-16-12-17(4-6-19(16)25(33)20-7-5-18(28)13-23(20)29)14-32-15-22-24(31-32)9-8-21(26(22)36-3)27(34)30-10-11-35-2/h8-9,13,15-17,19H,4-7,10-12,14H2,1-3H3,(H,30,34). The minimum Gasteiger partial charge on any atom is -0.495 e. The van der Waals surface area contributed by atoms with Crippen molar-refractivity contribution in [3.8, 4) is 5.75 Å². The summed E-state index contributed by atoms with van der Waals surface area (Å²) < 4.78 is 26.8. The Morgan fingerprint density at radius 2 is 2.06 bits per heavy atom. The van der Waals surface area contributed by atoms with E-state index in [2.05, 4.69) is 12.2 Å². The molecule has 3 unspecified atom stereocenters. The number of ketones is 1. The summed E-state index contributed by atoms with van der Waals surface area (Å²) in [5, 5.41) is 8.77. The van der Waals surface area contributed by atoms with Crippen LogP contribution in [0.5, 0.6) is 5.75 Å². The van der Waals surface area contributed by atoms with Gasteiger partial charge in [-0.2, -0.15) is 5.10 Å². The number of amides is 1. The second-order valence-corrected chi connectivity index (χ2v) is 10.2. The highest BCUT2D eigenvalue weighted by Crippen LogP contribution is 2.39. The zero-order valence-electron chi connectivity index (χ0n) is 21.0. The van der Waals surface area contributed by atoms with E-state index in [1.54, 1.807) is 20.3 Å². The number of hydrogen-bond donors (Lipinski definition) is 1. The Kier molecular flexibility index (Phi) is 8.46. The molecule has 1 heterocycles. The molecule has 1 fully saturated rings. The topological polar surface area (TPSA) is 82.5 Å².